The van der Waals surface area contributed by atoms with Crippen molar-refractivity contribution in [3.8, 4) is 5.75 Å². The summed E-state index contributed by atoms with van der Waals surface area (Å²) in [6.45, 7) is 11.9. The fraction of sp³-hybridized carbons (Fsp3) is 0.647. The lowest BCUT2D eigenvalue weighted by Gasteiger charge is -2.24. The molecule has 0 spiro atoms. The van der Waals surface area contributed by atoms with Crippen LogP contribution in [0.2, 0.25) is 5.02 Å². The monoisotopic (exact) mass is 297 g/mol. The van der Waals surface area contributed by atoms with Crippen LogP contribution in [0.1, 0.15) is 46.1 Å². The lowest BCUT2D eigenvalue weighted by molar-refractivity contribution is 0.233. The van der Waals surface area contributed by atoms with Crippen molar-refractivity contribution in [2.24, 2.45) is 11.8 Å². The van der Waals surface area contributed by atoms with Gasteiger partial charge in [-0.15, -0.1) is 0 Å². The SMILES string of the molecule is CC(C)CCN(CCC(C)C)Cc1cccc(Cl)c1O. The minimum absolute atomic E-state index is 0.230. The van der Waals surface area contributed by atoms with E-state index in [4.69, 9.17) is 11.6 Å². The molecular weight excluding hydrogens is 270 g/mol. The number of hydrogen-bond acceptors (Lipinski definition) is 2. The first-order valence-electron chi connectivity index (χ1n) is 7.58. The molecule has 1 aromatic carbocycles. The Bertz CT molecular complexity index is 392. The van der Waals surface area contributed by atoms with Crippen LogP contribution in [0.4, 0.5) is 0 Å². The number of para-hydroxylation sites is 1. The molecule has 1 N–H and O–H groups in total. The summed E-state index contributed by atoms with van der Waals surface area (Å²) in [7, 11) is 0. The van der Waals surface area contributed by atoms with Crippen molar-refractivity contribution in [1.82, 2.24) is 4.90 Å². The van der Waals surface area contributed by atoms with Crippen LogP contribution in [0, 0.1) is 11.8 Å². The van der Waals surface area contributed by atoms with E-state index in [1.165, 1.54) is 12.8 Å². The molecule has 0 amide bonds. The molecule has 0 unspecified atom stereocenters. The molecule has 0 aliphatic rings. The van der Waals surface area contributed by atoms with Crippen LogP contribution in [0.3, 0.4) is 0 Å². The summed E-state index contributed by atoms with van der Waals surface area (Å²) in [4.78, 5) is 2.42. The highest BCUT2D eigenvalue weighted by molar-refractivity contribution is 6.32. The Hall–Kier alpha value is -0.730. The summed E-state index contributed by atoms with van der Waals surface area (Å²) in [6, 6.07) is 5.59. The maximum atomic E-state index is 10.0. The highest BCUT2D eigenvalue weighted by Crippen LogP contribution is 2.28. The molecular formula is C17H28ClNO. The van der Waals surface area contributed by atoms with Crippen LogP contribution in [-0.2, 0) is 6.54 Å². The van der Waals surface area contributed by atoms with Gasteiger partial charge in [-0.1, -0.05) is 51.4 Å². The molecule has 114 valence electrons. The molecule has 20 heavy (non-hydrogen) atoms. The predicted octanol–water partition coefficient (Wildman–Crippen LogP) is 4.94. The van der Waals surface area contributed by atoms with E-state index < -0.39 is 0 Å². The third-order valence-corrected chi connectivity index (χ3v) is 3.81. The Morgan fingerprint density at radius 3 is 2.10 bits per heavy atom. The Morgan fingerprint density at radius 1 is 1.05 bits per heavy atom. The van der Waals surface area contributed by atoms with Crippen molar-refractivity contribution < 1.29 is 5.11 Å². The van der Waals surface area contributed by atoms with Gasteiger partial charge in [-0.25, -0.2) is 0 Å². The van der Waals surface area contributed by atoms with Crippen LogP contribution in [0.5, 0.6) is 5.75 Å². The summed E-state index contributed by atoms with van der Waals surface area (Å²) in [5.41, 5.74) is 0.921. The number of hydrogen-bond donors (Lipinski definition) is 1. The molecule has 3 heteroatoms. The van der Waals surface area contributed by atoms with Gasteiger partial charge in [0.15, 0.2) is 0 Å². The summed E-state index contributed by atoms with van der Waals surface area (Å²) < 4.78 is 0. The standard InChI is InChI=1S/C17H28ClNO/c1-13(2)8-10-19(11-9-14(3)4)12-15-6-5-7-16(18)17(15)20/h5-7,13-14,20H,8-12H2,1-4H3. The average molecular weight is 298 g/mol. The van der Waals surface area contributed by atoms with E-state index in [9.17, 15) is 5.11 Å². The number of halogens is 1. The van der Waals surface area contributed by atoms with Crippen LogP contribution in [-0.4, -0.2) is 23.1 Å². The highest BCUT2D eigenvalue weighted by Gasteiger charge is 2.12. The van der Waals surface area contributed by atoms with Gasteiger partial charge in [0, 0.05) is 12.1 Å². The second-order valence-corrected chi connectivity index (χ2v) is 6.80. The molecule has 0 saturated heterocycles. The second kappa shape index (κ2) is 8.53. The highest BCUT2D eigenvalue weighted by atomic mass is 35.5. The first-order chi connectivity index (χ1) is 9.40. The van der Waals surface area contributed by atoms with E-state index in [1.54, 1.807) is 6.07 Å². The normalized spacial score (nSPS) is 11.8. The van der Waals surface area contributed by atoms with E-state index in [0.717, 1.165) is 25.2 Å². The fourth-order valence-electron chi connectivity index (χ4n) is 2.08. The molecule has 0 aliphatic heterocycles. The van der Waals surface area contributed by atoms with Crippen molar-refractivity contribution in [3.63, 3.8) is 0 Å². The van der Waals surface area contributed by atoms with Crippen LogP contribution in [0.25, 0.3) is 0 Å². The van der Waals surface area contributed by atoms with Gasteiger partial charge in [-0.05, 0) is 43.8 Å². The van der Waals surface area contributed by atoms with E-state index in [-0.39, 0.29) is 5.75 Å². The summed E-state index contributed by atoms with van der Waals surface area (Å²) in [5, 5.41) is 10.5. The second-order valence-electron chi connectivity index (χ2n) is 6.39. The van der Waals surface area contributed by atoms with Crippen LogP contribution < -0.4 is 0 Å². The fourth-order valence-corrected chi connectivity index (χ4v) is 2.27. The summed E-state index contributed by atoms with van der Waals surface area (Å²) in [6.07, 6.45) is 2.36. The predicted molar refractivity (Wildman–Crippen MR) is 87.3 cm³/mol. The third-order valence-electron chi connectivity index (χ3n) is 3.51. The quantitative estimate of drug-likeness (QED) is 0.734. The van der Waals surface area contributed by atoms with Crippen LogP contribution in [0.15, 0.2) is 18.2 Å². The first kappa shape index (κ1) is 17.3. The summed E-state index contributed by atoms with van der Waals surface area (Å²) in [5.74, 6) is 1.63. The topological polar surface area (TPSA) is 23.5 Å². The Morgan fingerprint density at radius 2 is 1.60 bits per heavy atom. The van der Waals surface area contributed by atoms with Gasteiger partial charge in [0.2, 0.25) is 0 Å². The van der Waals surface area contributed by atoms with Crippen LogP contribution >= 0.6 is 11.6 Å². The molecule has 0 saturated carbocycles. The van der Waals surface area contributed by atoms with Gasteiger partial charge in [-0.2, -0.15) is 0 Å². The molecule has 0 aromatic heterocycles. The van der Waals surface area contributed by atoms with Gasteiger partial charge in [0.25, 0.3) is 0 Å². The average Bonchev–Trinajstić information content (AvgIpc) is 2.37. The van der Waals surface area contributed by atoms with E-state index >= 15 is 0 Å². The smallest absolute Gasteiger partial charge is 0.138 e. The zero-order chi connectivity index (χ0) is 15.1. The molecule has 0 atom stereocenters. The molecule has 1 aromatic rings. The maximum absolute atomic E-state index is 10.0. The largest absolute Gasteiger partial charge is 0.506 e. The number of benzene rings is 1. The molecule has 1 rings (SSSR count). The van der Waals surface area contributed by atoms with E-state index in [2.05, 4.69) is 32.6 Å². The number of aromatic hydroxyl groups is 1. The Labute approximate surface area is 128 Å². The molecule has 0 aliphatic carbocycles. The zero-order valence-corrected chi connectivity index (χ0v) is 14.0. The minimum Gasteiger partial charge on any atom is -0.506 e. The Kier molecular flexibility index (Phi) is 7.39. The number of nitrogens with zero attached hydrogens (tertiary/aromatic N) is 1. The van der Waals surface area contributed by atoms with Crippen molar-refractivity contribution in [2.45, 2.75) is 47.1 Å². The van der Waals surface area contributed by atoms with E-state index in [0.29, 0.717) is 16.9 Å². The molecule has 0 radical (unpaired) electrons. The first-order valence-corrected chi connectivity index (χ1v) is 7.96. The van der Waals surface area contributed by atoms with Crippen molar-refractivity contribution in [1.29, 1.82) is 0 Å². The lowest BCUT2D eigenvalue weighted by atomic mass is 10.1. The van der Waals surface area contributed by atoms with Gasteiger partial charge >= 0.3 is 0 Å². The lowest BCUT2D eigenvalue weighted by Crippen LogP contribution is -2.27. The summed E-state index contributed by atoms with van der Waals surface area (Å²) >= 11 is 5.98. The van der Waals surface area contributed by atoms with Gasteiger partial charge in [0.05, 0.1) is 5.02 Å². The minimum atomic E-state index is 0.230. The van der Waals surface area contributed by atoms with Crippen molar-refractivity contribution in [2.75, 3.05) is 13.1 Å². The van der Waals surface area contributed by atoms with Gasteiger partial charge in [-0.3, -0.25) is 4.90 Å². The third kappa shape index (κ3) is 6.15. The number of phenols is 1. The molecule has 2 nitrogen and oxygen atoms in total. The van der Waals surface area contributed by atoms with E-state index in [1.807, 2.05) is 12.1 Å². The molecule has 0 bridgehead atoms. The Balaban J connectivity index is 2.69. The molecule has 0 heterocycles. The van der Waals surface area contributed by atoms with Gasteiger partial charge in [0.1, 0.15) is 5.75 Å². The number of phenolic OH excluding ortho intramolecular Hbond substituents is 1. The van der Waals surface area contributed by atoms with Crippen molar-refractivity contribution in [3.05, 3.63) is 28.8 Å². The number of rotatable bonds is 8. The van der Waals surface area contributed by atoms with Gasteiger partial charge < -0.3 is 5.11 Å². The van der Waals surface area contributed by atoms with Crippen molar-refractivity contribution >= 4 is 11.6 Å². The maximum Gasteiger partial charge on any atom is 0.138 e. The molecule has 0 fully saturated rings. The zero-order valence-electron chi connectivity index (χ0n) is 13.2.